The van der Waals surface area contributed by atoms with Crippen LogP contribution in [0.25, 0.3) is 21.3 Å². The summed E-state index contributed by atoms with van der Waals surface area (Å²) < 4.78 is 25.0. The number of carbonyl (C=O) groups is 2. The first-order chi connectivity index (χ1) is 20.0. The second-order valence-electron chi connectivity index (χ2n) is 9.44. The molecule has 1 aliphatic carbocycles. The molecule has 2 aromatic carbocycles. The van der Waals surface area contributed by atoms with Crippen molar-refractivity contribution in [2.75, 3.05) is 26.9 Å². The zero-order chi connectivity index (χ0) is 28.6. The number of amides is 2. The van der Waals surface area contributed by atoms with E-state index in [2.05, 4.69) is 26.1 Å². The largest absolute Gasteiger partial charge is 0.497 e. The second kappa shape index (κ2) is 13.5. The number of nitrogens with one attached hydrogen (secondary N) is 3. The molecule has 0 aliphatic heterocycles. The Bertz CT molecular complexity index is 1480. The predicted octanol–water partition coefficient (Wildman–Crippen LogP) is 3.93. The Morgan fingerprint density at radius 3 is 2.56 bits per heavy atom. The van der Waals surface area contributed by atoms with Gasteiger partial charge in [-0.15, -0.1) is 11.3 Å². The summed E-state index contributed by atoms with van der Waals surface area (Å²) in [5, 5.41) is 6.01. The molecular formula is C29H30FN5O5S. The van der Waals surface area contributed by atoms with Crippen molar-refractivity contribution in [1.29, 1.82) is 0 Å². The summed E-state index contributed by atoms with van der Waals surface area (Å²) in [7, 11) is 1.61. The van der Waals surface area contributed by atoms with Crippen LogP contribution in [0, 0.1) is 5.95 Å². The van der Waals surface area contributed by atoms with Crippen molar-refractivity contribution in [3.05, 3.63) is 71.7 Å². The normalized spacial score (nSPS) is 13.5. The van der Waals surface area contributed by atoms with E-state index in [-0.39, 0.29) is 25.1 Å². The van der Waals surface area contributed by atoms with Gasteiger partial charge in [-0.2, -0.15) is 9.87 Å². The number of rotatable bonds is 14. The third-order valence-corrected chi connectivity index (χ3v) is 7.34. The minimum absolute atomic E-state index is 0.143. The highest BCUT2D eigenvalue weighted by Gasteiger charge is 2.27. The first-order valence-corrected chi connectivity index (χ1v) is 14.0. The Hall–Kier alpha value is -4.13. The van der Waals surface area contributed by atoms with Gasteiger partial charge in [0.25, 0.3) is 0 Å². The summed E-state index contributed by atoms with van der Waals surface area (Å²) in [4.78, 5) is 39.3. The van der Waals surface area contributed by atoms with Crippen LogP contribution in [0.2, 0.25) is 0 Å². The molecule has 1 fully saturated rings. The van der Waals surface area contributed by atoms with E-state index in [4.69, 9.17) is 14.3 Å². The maximum Gasteiger partial charge on any atom is 0.246 e. The molecule has 12 heteroatoms. The van der Waals surface area contributed by atoms with Gasteiger partial charge >= 0.3 is 0 Å². The predicted molar refractivity (Wildman–Crippen MR) is 152 cm³/mol. The first-order valence-electron chi connectivity index (χ1n) is 13.2. The Labute approximate surface area is 240 Å². The number of hydrogen-bond donors (Lipinski definition) is 3. The number of hydroxylamine groups is 1. The van der Waals surface area contributed by atoms with Gasteiger partial charge in [-0.1, -0.05) is 6.07 Å². The monoisotopic (exact) mass is 579 g/mol. The number of methoxy groups -OCH3 is 1. The highest BCUT2D eigenvalue weighted by molar-refractivity contribution is 7.18. The molecule has 5 rings (SSSR count). The second-order valence-corrected chi connectivity index (χ2v) is 10.5. The molecule has 10 nitrogen and oxygen atoms in total. The third kappa shape index (κ3) is 7.97. The highest BCUT2D eigenvalue weighted by Crippen LogP contribution is 2.31. The minimum atomic E-state index is -0.945. The summed E-state index contributed by atoms with van der Waals surface area (Å²) in [6.45, 7) is 0.541. The van der Waals surface area contributed by atoms with Crippen LogP contribution in [0.3, 0.4) is 0 Å². The van der Waals surface area contributed by atoms with Gasteiger partial charge in [0, 0.05) is 24.2 Å². The number of nitrogens with zero attached hydrogens (tertiary/aromatic N) is 2. The number of halogens is 1. The smallest absolute Gasteiger partial charge is 0.246 e. The summed E-state index contributed by atoms with van der Waals surface area (Å²) in [6.07, 6.45) is 3.95. The summed E-state index contributed by atoms with van der Waals surface area (Å²) in [6, 6.07) is 15.1. The molecular weight excluding hydrogens is 549 g/mol. The third-order valence-electron chi connectivity index (χ3n) is 6.26. The molecule has 3 N–H and O–H groups in total. The van der Waals surface area contributed by atoms with Crippen molar-refractivity contribution in [3.63, 3.8) is 0 Å². The lowest BCUT2D eigenvalue weighted by Crippen LogP contribution is -2.43. The molecule has 214 valence electrons. The molecule has 0 radical (unpaired) electrons. The van der Waals surface area contributed by atoms with Crippen LogP contribution in [0.1, 0.15) is 30.3 Å². The SMILES string of the molecule is COc1ccc(OCCCONC(C(=O)NCC(=O)NC2CC2)c2nc3ccc(-c4ccc(F)nc4)cc3s2)cc1. The Balaban J connectivity index is 1.22. The fourth-order valence-corrected chi connectivity index (χ4v) is 4.97. The zero-order valence-corrected chi connectivity index (χ0v) is 23.2. The molecule has 2 aromatic heterocycles. The fourth-order valence-electron chi connectivity index (χ4n) is 3.92. The molecule has 0 bridgehead atoms. The van der Waals surface area contributed by atoms with E-state index in [1.165, 1.54) is 23.6 Å². The Morgan fingerprint density at radius 2 is 1.83 bits per heavy atom. The van der Waals surface area contributed by atoms with Crippen molar-refractivity contribution < 1.29 is 28.3 Å². The maximum absolute atomic E-state index is 13.3. The van der Waals surface area contributed by atoms with E-state index < -0.39 is 17.9 Å². The maximum atomic E-state index is 13.3. The zero-order valence-electron chi connectivity index (χ0n) is 22.4. The molecule has 0 saturated heterocycles. The van der Waals surface area contributed by atoms with E-state index in [1.807, 2.05) is 42.5 Å². The molecule has 1 unspecified atom stereocenters. The van der Waals surface area contributed by atoms with Crippen LogP contribution in [-0.4, -0.2) is 54.7 Å². The van der Waals surface area contributed by atoms with Crippen LogP contribution in [0.5, 0.6) is 11.5 Å². The van der Waals surface area contributed by atoms with Crippen LogP contribution in [0.4, 0.5) is 4.39 Å². The van der Waals surface area contributed by atoms with Crippen LogP contribution in [0.15, 0.2) is 60.8 Å². The number of ether oxygens (including phenoxy) is 2. The van der Waals surface area contributed by atoms with E-state index >= 15 is 0 Å². The molecule has 2 amide bonds. The number of pyridine rings is 1. The van der Waals surface area contributed by atoms with Gasteiger partial charge in [-0.3, -0.25) is 9.59 Å². The van der Waals surface area contributed by atoms with Gasteiger partial charge in [0.2, 0.25) is 17.8 Å². The molecule has 1 saturated carbocycles. The Kier molecular flexibility index (Phi) is 9.34. The van der Waals surface area contributed by atoms with Gasteiger partial charge in [-0.05, 0) is 66.9 Å². The number of thiazole rings is 1. The number of benzene rings is 2. The van der Waals surface area contributed by atoms with Gasteiger partial charge in [0.15, 0.2) is 6.04 Å². The standard InChI is InChI=1S/C29H30FN5O5S/c1-38-21-7-9-22(10-8-21)39-13-2-14-40-35-27(28(37)32-17-26(36)33-20-5-6-20)29-34-23-11-3-18(15-24(23)41-29)19-4-12-25(30)31-16-19/h3-4,7-12,15-16,20,27,35H,2,5-6,13-14,17H2,1H3,(H,32,37)(H,33,36). The van der Waals surface area contributed by atoms with Crippen molar-refractivity contribution in [2.24, 2.45) is 0 Å². The number of carbonyl (C=O) groups excluding carboxylic acids is 2. The molecule has 0 spiro atoms. The van der Waals surface area contributed by atoms with E-state index in [1.54, 1.807) is 13.2 Å². The topological polar surface area (TPSA) is 124 Å². The lowest BCUT2D eigenvalue weighted by Gasteiger charge is -2.16. The number of hydrogen-bond acceptors (Lipinski definition) is 9. The molecule has 2 heterocycles. The summed E-state index contributed by atoms with van der Waals surface area (Å²) in [5.41, 5.74) is 5.13. The van der Waals surface area contributed by atoms with Crippen molar-refractivity contribution in [1.82, 2.24) is 26.1 Å². The molecule has 4 aromatic rings. The fraction of sp³-hybridized carbons (Fsp3) is 0.310. The van der Waals surface area contributed by atoms with E-state index in [9.17, 15) is 14.0 Å². The highest BCUT2D eigenvalue weighted by atomic mass is 32.1. The summed E-state index contributed by atoms with van der Waals surface area (Å²) in [5.74, 6) is 0.238. The van der Waals surface area contributed by atoms with Crippen molar-refractivity contribution >= 4 is 33.4 Å². The van der Waals surface area contributed by atoms with Crippen LogP contribution < -0.4 is 25.6 Å². The number of fused-ring (bicyclic) bond motifs is 1. The van der Waals surface area contributed by atoms with Crippen molar-refractivity contribution in [2.45, 2.75) is 31.3 Å². The minimum Gasteiger partial charge on any atom is -0.497 e. The van der Waals surface area contributed by atoms with Gasteiger partial charge < -0.3 is 24.9 Å². The van der Waals surface area contributed by atoms with E-state index in [0.29, 0.717) is 29.3 Å². The number of aromatic nitrogens is 2. The first kappa shape index (κ1) is 28.4. The Morgan fingerprint density at radius 1 is 1.05 bits per heavy atom. The van der Waals surface area contributed by atoms with E-state index in [0.717, 1.165) is 34.4 Å². The van der Waals surface area contributed by atoms with Gasteiger partial charge in [-0.25, -0.2) is 9.97 Å². The quantitative estimate of drug-likeness (QED) is 0.117. The lowest BCUT2D eigenvalue weighted by atomic mass is 10.1. The van der Waals surface area contributed by atoms with Crippen LogP contribution in [-0.2, 0) is 14.4 Å². The summed E-state index contributed by atoms with van der Waals surface area (Å²) >= 11 is 1.32. The lowest BCUT2D eigenvalue weighted by molar-refractivity contribution is -0.130. The molecule has 1 atom stereocenters. The van der Waals surface area contributed by atoms with Gasteiger partial charge in [0.05, 0.1) is 37.1 Å². The van der Waals surface area contributed by atoms with Crippen molar-refractivity contribution in [3.8, 4) is 22.6 Å². The average Bonchev–Trinajstić information content (AvgIpc) is 3.70. The average molecular weight is 580 g/mol. The molecule has 1 aliphatic rings. The van der Waals surface area contributed by atoms with Gasteiger partial charge in [0.1, 0.15) is 16.5 Å². The van der Waals surface area contributed by atoms with Crippen LogP contribution >= 0.6 is 11.3 Å². The molecule has 41 heavy (non-hydrogen) atoms.